The van der Waals surface area contributed by atoms with E-state index >= 15 is 0 Å². The lowest BCUT2D eigenvalue weighted by Gasteiger charge is -2.06. The fourth-order valence-electron chi connectivity index (χ4n) is 2.19. The van der Waals surface area contributed by atoms with Crippen molar-refractivity contribution in [2.75, 3.05) is 16.7 Å². The molecule has 3 rings (SSSR count). The zero-order valence-corrected chi connectivity index (χ0v) is 16.4. The van der Waals surface area contributed by atoms with E-state index in [4.69, 9.17) is 11.6 Å². The normalized spacial score (nSPS) is 11.3. The lowest BCUT2D eigenvalue weighted by molar-refractivity contribution is 0.102. The predicted octanol–water partition coefficient (Wildman–Crippen LogP) is 2.66. The van der Waals surface area contributed by atoms with Gasteiger partial charge in [-0.05, 0) is 52.9 Å². The van der Waals surface area contributed by atoms with Gasteiger partial charge in [0.05, 0.1) is 17.7 Å². The van der Waals surface area contributed by atoms with E-state index in [0.717, 1.165) is 6.26 Å². The van der Waals surface area contributed by atoms with Gasteiger partial charge >= 0.3 is 0 Å². The second-order valence-electron chi connectivity index (χ2n) is 5.52. The molecule has 0 spiro atoms. The first-order chi connectivity index (χ1) is 12.8. The maximum atomic E-state index is 12.4. The lowest BCUT2D eigenvalue weighted by Crippen LogP contribution is -2.10. The highest BCUT2D eigenvalue weighted by atomic mass is 35.5. The average molecular weight is 424 g/mol. The number of thioether (sulfide) groups is 1. The molecule has 0 amide bonds. The van der Waals surface area contributed by atoms with E-state index in [1.807, 2.05) is 6.07 Å². The molecule has 1 aromatic heterocycles. The van der Waals surface area contributed by atoms with Crippen LogP contribution in [0.4, 0.5) is 5.69 Å². The Morgan fingerprint density at radius 1 is 1.22 bits per heavy atom. The third-order valence-corrected chi connectivity index (χ3v) is 5.10. The maximum Gasteiger partial charge on any atom is 0.229 e. The number of hydrogen-bond donors (Lipinski definition) is 1. The van der Waals surface area contributed by atoms with E-state index in [9.17, 15) is 13.2 Å². The van der Waals surface area contributed by atoms with Crippen LogP contribution in [0, 0.1) is 0 Å². The highest BCUT2D eigenvalue weighted by molar-refractivity contribution is 7.99. The molecule has 0 saturated carbocycles. The predicted molar refractivity (Wildman–Crippen MR) is 104 cm³/mol. The molecule has 8 nitrogen and oxygen atoms in total. The van der Waals surface area contributed by atoms with Gasteiger partial charge in [-0.1, -0.05) is 29.4 Å². The summed E-state index contributed by atoms with van der Waals surface area (Å²) in [5, 5.41) is 12.5. The number of halogens is 1. The van der Waals surface area contributed by atoms with Crippen molar-refractivity contribution in [2.24, 2.45) is 0 Å². The fraction of sp³-hybridized carbons (Fsp3) is 0.125. The maximum absolute atomic E-state index is 12.4. The minimum absolute atomic E-state index is 0.125. The molecule has 2 aromatic carbocycles. The van der Waals surface area contributed by atoms with Crippen molar-refractivity contribution in [1.82, 2.24) is 20.2 Å². The number of benzene rings is 2. The van der Waals surface area contributed by atoms with Crippen LogP contribution in [-0.2, 0) is 10.0 Å². The first kappa shape index (κ1) is 19.3. The van der Waals surface area contributed by atoms with Gasteiger partial charge in [0, 0.05) is 16.3 Å². The fourth-order valence-corrected chi connectivity index (χ4v) is 3.72. The molecule has 0 atom stereocenters. The molecule has 0 aliphatic rings. The van der Waals surface area contributed by atoms with Gasteiger partial charge in [-0.3, -0.25) is 9.52 Å². The Morgan fingerprint density at radius 3 is 2.63 bits per heavy atom. The number of Topliss-reactive ketones (excluding diaryl/α,β-unsaturated/α-hetero) is 1. The van der Waals surface area contributed by atoms with E-state index in [2.05, 4.69) is 20.2 Å². The van der Waals surface area contributed by atoms with E-state index in [-0.39, 0.29) is 11.5 Å². The largest absolute Gasteiger partial charge is 0.293 e. The highest BCUT2D eigenvalue weighted by Crippen LogP contribution is 2.21. The summed E-state index contributed by atoms with van der Waals surface area (Å²) >= 11 is 7.18. The second kappa shape index (κ2) is 8.07. The minimum Gasteiger partial charge on any atom is -0.293 e. The molecule has 0 bridgehead atoms. The summed E-state index contributed by atoms with van der Waals surface area (Å²) in [5.41, 5.74) is 1.55. The zero-order valence-electron chi connectivity index (χ0n) is 14.0. The number of ketones is 1. The molecular formula is C16H14ClN5O3S2. The summed E-state index contributed by atoms with van der Waals surface area (Å²) in [5.74, 6) is -0.00803. The molecule has 3 aromatic rings. The lowest BCUT2D eigenvalue weighted by atomic mass is 10.1. The average Bonchev–Trinajstić information content (AvgIpc) is 3.07. The number of rotatable bonds is 7. The van der Waals surface area contributed by atoms with Crippen LogP contribution >= 0.6 is 23.4 Å². The number of nitrogens with zero attached hydrogens (tertiary/aromatic N) is 4. The third kappa shape index (κ3) is 5.28. The first-order valence-electron chi connectivity index (χ1n) is 7.60. The summed E-state index contributed by atoms with van der Waals surface area (Å²) in [6.45, 7) is 0. The number of tetrazole rings is 1. The van der Waals surface area contributed by atoms with Gasteiger partial charge in [0.2, 0.25) is 15.2 Å². The molecular weight excluding hydrogens is 410 g/mol. The molecule has 0 unspecified atom stereocenters. The van der Waals surface area contributed by atoms with E-state index < -0.39 is 10.0 Å². The number of carbonyl (C=O) groups is 1. The van der Waals surface area contributed by atoms with Crippen molar-refractivity contribution in [1.29, 1.82) is 0 Å². The zero-order chi connectivity index (χ0) is 19.4. The first-order valence-corrected chi connectivity index (χ1v) is 10.9. The number of carbonyl (C=O) groups excluding carboxylic acids is 1. The monoisotopic (exact) mass is 423 g/mol. The number of anilines is 1. The van der Waals surface area contributed by atoms with E-state index in [1.54, 1.807) is 30.3 Å². The van der Waals surface area contributed by atoms with Gasteiger partial charge < -0.3 is 0 Å². The molecule has 0 fully saturated rings. The Bertz CT molecular complexity index is 1070. The van der Waals surface area contributed by atoms with Gasteiger partial charge in [0.25, 0.3) is 0 Å². The summed E-state index contributed by atoms with van der Waals surface area (Å²) < 4.78 is 26.3. The SMILES string of the molecule is CS(=O)(=O)Nc1ccc(C(=O)CSc2nnnn2-c2cccc(Cl)c2)cc1. The Labute approximate surface area is 165 Å². The van der Waals surface area contributed by atoms with Crippen LogP contribution < -0.4 is 4.72 Å². The summed E-state index contributed by atoms with van der Waals surface area (Å²) in [6, 6.07) is 13.3. The number of sulfonamides is 1. The van der Waals surface area contributed by atoms with Gasteiger partial charge in [-0.2, -0.15) is 4.68 Å². The standard InChI is InChI=1S/C16H14ClN5O3S2/c1-27(24,25)19-13-7-5-11(6-8-13)15(23)10-26-16-18-20-21-22(16)14-4-2-3-12(17)9-14/h2-9,19H,10H2,1H3. The van der Waals surface area contributed by atoms with Gasteiger partial charge in [-0.25, -0.2) is 8.42 Å². The Hall–Kier alpha value is -2.43. The summed E-state index contributed by atoms with van der Waals surface area (Å²) in [4.78, 5) is 12.4. The van der Waals surface area contributed by atoms with Gasteiger partial charge in [-0.15, -0.1) is 5.10 Å². The van der Waals surface area contributed by atoms with Crippen molar-refractivity contribution in [3.8, 4) is 5.69 Å². The Morgan fingerprint density at radius 2 is 1.96 bits per heavy atom. The molecule has 0 saturated heterocycles. The van der Waals surface area contributed by atoms with Crippen molar-refractivity contribution in [3.05, 3.63) is 59.1 Å². The van der Waals surface area contributed by atoms with Crippen LogP contribution in [0.2, 0.25) is 5.02 Å². The highest BCUT2D eigenvalue weighted by Gasteiger charge is 2.13. The number of nitrogens with one attached hydrogen (secondary N) is 1. The molecule has 0 aliphatic heterocycles. The molecule has 1 heterocycles. The molecule has 0 radical (unpaired) electrons. The van der Waals surface area contributed by atoms with Crippen molar-refractivity contribution in [2.45, 2.75) is 5.16 Å². The van der Waals surface area contributed by atoms with E-state index in [1.165, 1.54) is 28.6 Å². The quantitative estimate of drug-likeness (QED) is 0.459. The van der Waals surface area contributed by atoms with Gasteiger partial charge in [0.15, 0.2) is 5.78 Å². The molecule has 0 aliphatic carbocycles. The van der Waals surface area contributed by atoms with Crippen LogP contribution in [0.5, 0.6) is 0 Å². The second-order valence-corrected chi connectivity index (χ2v) is 8.64. The topological polar surface area (TPSA) is 107 Å². The van der Waals surface area contributed by atoms with Gasteiger partial charge in [0.1, 0.15) is 0 Å². The Kier molecular flexibility index (Phi) is 5.78. The molecule has 11 heteroatoms. The van der Waals surface area contributed by atoms with Crippen molar-refractivity contribution >= 4 is 44.9 Å². The molecule has 140 valence electrons. The minimum atomic E-state index is -3.36. The molecule has 1 N–H and O–H groups in total. The third-order valence-electron chi connectivity index (χ3n) is 3.34. The summed E-state index contributed by atoms with van der Waals surface area (Å²) in [7, 11) is -3.36. The number of hydrogen-bond acceptors (Lipinski definition) is 7. The molecule has 27 heavy (non-hydrogen) atoms. The van der Waals surface area contributed by atoms with E-state index in [0.29, 0.717) is 27.1 Å². The van der Waals surface area contributed by atoms with Crippen molar-refractivity contribution in [3.63, 3.8) is 0 Å². The number of aromatic nitrogens is 4. The van der Waals surface area contributed by atoms with Crippen molar-refractivity contribution < 1.29 is 13.2 Å². The van der Waals surface area contributed by atoms with Crippen LogP contribution in [0.3, 0.4) is 0 Å². The Balaban J connectivity index is 1.67. The van der Waals surface area contributed by atoms with Crippen LogP contribution in [0.25, 0.3) is 5.69 Å². The summed E-state index contributed by atoms with van der Waals surface area (Å²) in [6.07, 6.45) is 1.06. The van der Waals surface area contributed by atoms with Crippen LogP contribution in [0.1, 0.15) is 10.4 Å². The van der Waals surface area contributed by atoms with Crippen LogP contribution in [-0.4, -0.2) is 46.4 Å². The van der Waals surface area contributed by atoms with Crippen LogP contribution in [0.15, 0.2) is 53.7 Å². The smallest absolute Gasteiger partial charge is 0.229 e.